The molecule has 0 spiro atoms. The summed E-state index contributed by atoms with van der Waals surface area (Å²) in [5.41, 5.74) is 1.69. The number of carbonyl (C=O) groups excluding carboxylic acids is 3. The first-order valence-corrected chi connectivity index (χ1v) is 11.5. The molecule has 0 bridgehead atoms. The van der Waals surface area contributed by atoms with Crippen molar-refractivity contribution in [1.82, 2.24) is 9.80 Å². The van der Waals surface area contributed by atoms with Crippen LogP contribution in [-0.4, -0.2) is 73.0 Å². The fourth-order valence-electron chi connectivity index (χ4n) is 3.98. The summed E-state index contributed by atoms with van der Waals surface area (Å²) in [5, 5.41) is 6.16. The molecule has 2 aliphatic rings. The molecule has 4 rings (SSSR count). The summed E-state index contributed by atoms with van der Waals surface area (Å²) in [7, 11) is 0. The van der Waals surface area contributed by atoms with Crippen molar-refractivity contribution in [2.75, 3.05) is 50.0 Å². The second kappa shape index (κ2) is 10.8. The maximum absolute atomic E-state index is 13.0. The number of benzene rings is 2. The minimum absolute atomic E-state index is 0.0941. The molecule has 2 N–H and O–H groups in total. The number of ether oxygens (including phenoxy) is 1. The molecule has 33 heavy (non-hydrogen) atoms. The Morgan fingerprint density at radius 1 is 1.00 bits per heavy atom. The van der Waals surface area contributed by atoms with Crippen molar-refractivity contribution < 1.29 is 19.1 Å². The van der Waals surface area contributed by atoms with Crippen LogP contribution >= 0.6 is 11.6 Å². The van der Waals surface area contributed by atoms with Crippen molar-refractivity contribution in [3.05, 3.63) is 59.1 Å². The van der Waals surface area contributed by atoms with Crippen LogP contribution in [0.2, 0.25) is 5.02 Å². The number of nitrogens with one attached hydrogen (secondary N) is 2. The van der Waals surface area contributed by atoms with Gasteiger partial charge in [-0.2, -0.15) is 0 Å². The Morgan fingerprint density at radius 3 is 2.52 bits per heavy atom. The van der Waals surface area contributed by atoms with Gasteiger partial charge in [0.05, 0.1) is 17.3 Å². The molecule has 1 atom stereocenters. The van der Waals surface area contributed by atoms with Gasteiger partial charge < -0.3 is 20.3 Å². The van der Waals surface area contributed by atoms with E-state index in [2.05, 4.69) is 10.6 Å². The van der Waals surface area contributed by atoms with E-state index in [4.69, 9.17) is 16.3 Å². The summed E-state index contributed by atoms with van der Waals surface area (Å²) in [6.07, 6.45) is 1.17. The number of rotatable bonds is 6. The molecule has 9 heteroatoms. The molecule has 2 aromatic rings. The molecule has 0 aliphatic carbocycles. The largest absolute Gasteiger partial charge is 0.368 e. The van der Waals surface area contributed by atoms with E-state index in [0.29, 0.717) is 61.2 Å². The van der Waals surface area contributed by atoms with Crippen molar-refractivity contribution in [2.45, 2.75) is 18.9 Å². The van der Waals surface area contributed by atoms with Crippen LogP contribution in [0.1, 0.15) is 23.2 Å². The fourth-order valence-corrected chi connectivity index (χ4v) is 4.17. The highest BCUT2D eigenvalue weighted by Gasteiger charge is 2.25. The van der Waals surface area contributed by atoms with Crippen LogP contribution in [0.25, 0.3) is 0 Å². The third kappa shape index (κ3) is 6.10. The van der Waals surface area contributed by atoms with Gasteiger partial charge >= 0.3 is 0 Å². The summed E-state index contributed by atoms with van der Waals surface area (Å²) >= 11 is 6.09. The Balaban J connectivity index is 1.27. The summed E-state index contributed by atoms with van der Waals surface area (Å²) in [6, 6.07) is 14.1. The molecule has 3 amide bonds. The number of hydrogen-bond donors (Lipinski definition) is 2. The first kappa shape index (κ1) is 23.2. The van der Waals surface area contributed by atoms with Crippen molar-refractivity contribution in [3.8, 4) is 0 Å². The van der Waals surface area contributed by atoms with Crippen LogP contribution < -0.4 is 10.6 Å². The fraction of sp³-hybridized carbons (Fsp3) is 0.375. The molecule has 0 aromatic heterocycles. The van der Waals surface area contributed by atoms with Crippen LogP contribution in [0.4, 0.5) is 11.4 Å². The zero-order valence-corrected chi connectivity index (χ0v) is 19.0. The first-order valence-electron chi connectivity index (χ1n) is 11.1. The smallest absolute Gasteiger partial charge is 0.254 e. The van der Waals surface area contributed by atoms with Gasteiger partial charge in [0, 0.05) is 44.0 Å². The molecule has 174 valence electrons. The van der Waals surface area contributed by atoms with Gasteiger partial charge in [-0.15, -0.1) is 0 Å². The highest BCUT2D eigenvalue weighted by Crippen LogP contribution is 2.21. The van der Waals surface area contributed by atoms with Gasteiger partial charge in [-0.1, -0.05) is 29.8 Å². The summed E-state index contributed by atoms with van der Waals surface area (Å²) in [6.45, 7) is 3.06. The lowest BCUT2D eigenvalue weighted by Gasteiger charge is -2.34. The highest BCUT2D eigenvalue weighted by atomic mass is 35.5. The predicted molar refractivity (Wildman–Crippen MR) is 126 cm³/mol. The Hall–Kier alpha value is -2.94. The molecule has 0 unspecified atom stereocenters. The number of carbonyl (C=O) groups is 3. The Labute approximate surface area is 197 Å². The van der Waals surface area contributed by atoms with E-state index >= 15 is 0 Å². The van der Waals surface area contributed by atoms with E-state index in [1.807, 2.05) is 17.0 Å². The molecule has 8 nitrogen and oxygen atoms in total. The van der Waals surface area contributed by atoms with Gasteiger partial charge in [0.15, 0.2) is 0 Å². The zero-order chi connectivity index (χ0) is 23.2. The van der Waals surface area contributed by atoms with E-state index in [1.54, 1.807) is 41.3 Å². The third-order valence-electron chi connectivity index (χ3n) is 5.77. The van der Waals surface area contributed by atoms with Crippen LogP contribution in [0.5, 0.6) is 0 Å². The van der Waals surface area contributed by atoms with Gasteiger partial charge in [0.2, 0.25) is 5.91 Å². The van der Waals surface area contributed by atoms with Crippen molar-refractivity contribution >= 4 is 40.7 Å². The van der Waals surface area contributed by atoms with E-state index in [-0.39, 0.29) is 24.3 Å². The number of piperazine rings is 1. The molecule has 2 saturated heterocycles. The monoisotopic (exact) mass is 470 g/mol. The van der Waals surface area contributed by atoms with Gasteiger partial charge in [-0.25, -0.2) is 0 Å². The number of anilines is 2. The first-order chi connectivity index (χ1) is 16.0. The third-order valence-corrected chi connectivity index (χ3v) is 6.10. The number of para-hydroxylation sites is 1. The highest BCUT2D eigenvalue weighted by molar-refractivity contribution is 6.33. The summed E-state index contributed by atoms with van der Waals surface area (Å²) in [4.78, 5) is 41.4. The Morgan fingerprint density at radius 2 is 1.79 bits per heavy atom. The molecule has 2 aliphatic heterocycles. The number of amides is 3. The van der Waals surface area contributed by atoms with Crippen molar-refractivity contribution in [3.63, 3.8) is 0 Å². The minimum atomic E-state index is -0.424. The molecule has 2 fully saturated rings. The Kier molecular flexibility index (Phi) is 7.59. The zero-order valence-electron chi connectivity index (χ0n) is 18.3. The standard InChI is InChI=1S/C24H27ClN4O4/c25-19-7-1-2-8-20(19)27-22(30)16-28-10-12-29(13-11-28)24(32)17-5-3-6-18(15-17)26-23(31)21-9-4-14-33-21/h1-3,5-8,15,21H,4,9-14,16H2,(H,26,31)(H,27,30)/t21-/m1/s1. The Bertz CT molecular complexity index is 1020. The van der Waals surface area contributed by atoms with Crippen molar-refractivity contribution in [2.24, 2.45) is 0 Å². The second-order valence-corrected chi connectivity index (χ2v) is 8.58. The SMILES string of the molecule is O=C(CN1CCN(C(=O)c2cccc(NC(=O)[C@H]3CCCO3)c2)CC1)Nc1ccccc1Cl. The van der Waals surface area contributed by atoms with E-state index in [0.717, 1.165) is 6.42 Å². The molecule has 0 radical (unpaired) electrons. The lowest BCUT2D eigenvalue weighted by molar-refractivity contribution is -0.124. The van der Waals surface area contributed by atoms with Crippen LogP contribution in [-0.2, 0) is 14.3 Å². The lowest BCUT2D eigenvalue weighted by atomic mass is 10.1. The summed E-state index contributed by atoms with van der Waals surface area (Å²) in [5.74, 6) is -0.415. The van der Waals surface area contributed by atoms with Crippen LogP contribution in [0.3, 0.4) is 0 Å². The lowest BCUT2D eigenvalue weighted by Crippen LogP contribution is -2.50. The van der Waals surface area contributed by atoms with Crippen LogP contribution in [0, 0.1) is 0 Å². The number of nitrogens with zero attached hydrogens (tertiary/aromatic N) is 2. The molecular formula is C24H27ClN4O4. The maximum atomic E-state index is 13.0. The van der Waals surface area contributed by atoms with Gasteiger partial charge in [-0.3, -0.25) is 19.3 Å². The number of hydrogen-bond acceptors (Lipinski definition) is 5. The molecule has 2 heterocycles. The molecular weight excluding hydrogens is 444 g/mol. The molecule has 2 aromatic carbocycles. The normalized spacial score (nSPS) is 18.7. The van der Waals surface area contributed by atoms with Gasteiger partial charge in [-0.05, 0) is 43.2 Å². The summed E-state index contributed by atoms with van der Waals surface area (Å²) < 4.78 is 5.41. The van der Waals surface area contributed by atoms with Crippen LogP contribution in [0.15, 0.2) is 48.5 Å². The van der Waals surface area contributed by atoms with Gasteiger partial charge in [0.1, 0.15) is 6.10 Å². The number of halogens is 1. The quantitative estimate of drug-likeness (QED) is 0.677. The van der Waals surface area contributed by atoms with Gasteiger partial charge in [0.25, 0.3) is 11.8 Å². The predicted octanol–water partition coefficient (Wildman–Crippen LogP) is 2.85. The average molecular weight is 471 g/mol. The average Bonchev–Trinajstić information content (AvgIpc) is 3.36. The van der Waals surface area contributed by atoms with E-state index in [1.165, 1.54) is 0 Å². The van der Waals surface area contributed by atoms with E-state index < -0.39 is 6.10 Å². The topological polar surface area (TPSA) is 91.0 Å². The molecule has 0 saturated carbocycles. The van der Waals surface area contributed by atoms with Crippen molar-refractivity contribution in [1.29, 1.82) is 0 Å². The minimum Gasteiger partial charge on any atom is -0.368 e. The maximum Gasteiger partial charge on any atom is 0.254 e. The van der Waals surface area contributed by atoms with E-state index in [9.17, 15) is 14.4 Å². The second-order valence-electron chi connectivity index (χ2n) is 8.17.